The highest BCUT2D eigenvalue weighted by molar-refractivity contribution is 6.31. The molecule has 6 heteroatoms. The summed E-state index contributed by atoms with van der Waals surface area (Å²) in [5.74, 6) is -0.458. The van der Waals surface area contributed by atoms with Crippen molar-refractivity contribution in [3.8, 4) is 5.75 Å². The molecular formula is C16H14ClF2NO2. The van der Waals surface area contributed by atoms with Gasteiger partial charge in [0, 0.05) is 10.6 Å². The maximum atomic E-state index is 12.2. The summed E-state index contributed by atoms with van der Waals surface area (Å²) < 4.78 is 28.7. The van der Waals surface area contributed by atoms with Gasteiger partial charge in [0.25, 0.3) is 5.91 Å². The predicted octanol–water partition coefficient (Wildman–Crippen LogP) is 4.43. The van der Waals surface area contributed by atoms with E-state index in [4.69, 9.17) is 11.6 Å². The molecule has 1 unspecified atom stereocenters. The van der Waals surface area contributed by atoms with Crippen molar-refractivity contribution in [1.29, 1.82) is 0 Å². The van der Waals surface area contributed by atoms with Crippen LogP contribution >= 0.6 is 11.6 Å². The zero-order valence-corrected chi connectivity index (χ0v) is 12.5. The standard InChI is InChI=1S/C16H14ClF2NO2/c1-10(13-7-2-3-8-14(13)17)20-15(21)11-5-4-6-12(9-11)22-16(18)19/h2-10,16H,1H3,(H,20,21). The molecule has 0 aliphatic heterocycles. The molecule has 0 fully saturated rings. The van der Waals surface area contributed by atoms with Gasteiger partial charge in [0.05, 0.1) is 6.04 Å². The fraction of sp³-hybridized carbons (Fsp3) is 0.188. The molecule has 0 spiro atoms. The Kier molecular flexibility index (Phi) is 5.33. The van der Waals surface area contributed by atoms with Gasteiger partial charge in [-0.2, -0.15) is 8.78 Å². The first kappa shape index (κ1) is 16.2. The molecule has 22 heavy (non-hydrogen) atoms. The minimum atomic E-state index is -2.93. The van der Waals surface area contributed by atoms with Gasteiger partial charge in [0.1, 0.15) is 5.75 Å². The molecule has 2 rings (SSSR count). The van der Waals surface area contributed by atoms with Gasteiger partial charge in [-0.05, 0) is 36.8 Å². The molecule has 0 heterocycles. The van der Waals surface area contributed by atoms with Crippen LogP contribution < -0.4 is 10.1 Å². The van der Waals surface area contributed by atoms with E-state index >= 15 is 0 Å². The Morgan fingerprint density at radius 2 is 1.91 bits per heavy atom. The summed E-state index contributed by atoms with van der Waals surface area (Å²) in [6.45, 7) is -1.14. The first-order chi connectivity index (χ1) is 10.5. The van der Waals surface area contributed by atoms with E-state index in [1.165, 1.54) is 24.3 Å². The summed E-state index contributed by atoms with van der Waals surface area (Å²) >= 11 is 6.08. The van der Waals surface area contributed by atoms with Crippen LogP contribution in [0.3, 0.4) is 0 Å². The largest absolute Gasteiger partial charge is 0.435 e. The highest BCUT2D eigenvalue weighted by Gasteiger charge is 2.14. The fourth-order valence-electron chi connectivity index (χ4n) is 2.00. The van der Waals surface area contributed by atoms with Crippen molar-refractivity contribution < 1.29 is 18.3 Å². The summed E-state index contributed by atoms with van der Waals surface area (Å²) in [5, 5.41) is 3.31. The Morgan fingerprint density at radius 3 is 2.59 bits per heavy atom. The predicted molar refractivity (Wildman–Crippen MR) is 80.4 cm³/mol. The Hall–Kier alpha value is -2.14. The molecule has 116 valence electrons. The second-order valence-electron chi connectivity index (χ2n) is 4.62. The van der Waals surface area contributed by atoms with Crippen LogP contribution in [-0.2, 0) is 0 Å². The van der Waals surface area contributed by atoms with Crippen LogP contribution in [0.25, 0.3) is 0 Å². The third-order valence-corrected chi connectivity index (χ3v) is 3.38. The van der Waals surface area contributed by atoms with Gasteiger partial charge in [-0.3, -0.25) is 4.79 Å². The lowest BCUT2D eigenvalue weighted by Crippen LogP contribution is -2.26. The van der Waals surface area contributed by atoms with Gasteiger partial charge in [-0.25, -0.2) is 0 Å². The zero-order chi connectivity index (χ0) is 16.1. The second kappa shape index (κ2) is 7.22. The number of hydrogen-bond donors (Lipinski definition) is 1. The molecule has 2 aromatic carbocycles. The summed E-state index contributed by atoms with van der Waals surface area (Å²) in [6, 6.07) is 12.5. The number of benzene rings is 2. The summed E-state index contributed by atoms with van der Waals surface area (Å²) in [7, 11) is 0. The van der Waals surface area contributed by atoms with E-state index in [9.17, 15) is 13.6 Å². The molecule has 0 aliphatic carbocycles. The minimum absolute atomic E-state index is 0.0620. The third-order valence-electron chi connectivity index (χ3n) is 3.04. The van der Waals surface area contributed by atoms with Crippen LogP contribution in [0.5, 0.6) is 5.75 Å². The molecule has 0 bridgehead atoms. The van der Waals surface area contributed by atoms with Gasteiger partial charge in [-0.1, -0.05) is 35.9 Å². The quantitative estimate of drug-likeness (QED) is 0.883. The third kappa shape index (κ3) is 4.18. The molecule has 1 atom stereocenters. The van der Waals surface area contributed by atoms with Gasteiger partial charge in [0.15, 0.2) is 0 Å². The van der Waals surface area contributed by atoms with E-state index in [1.54, 1.807) is 19.1 Å². The Labute approximate surface area is 131 Å². The lowest BCUT2D eigenvalue weighted by Gasteiger charge is -2.16. The van der Waals surface area contributed by atoms with Crippen molar-refractivity contribution in [1.82, 2.24) is 5.32 Å². The molecule has 0 saturated carbocycles. The molecule has 1 N–H and O–H groups in total. The van der Waals surface area contributed by atoms with Crippen molar-refractivity contribution in [3.05, 3.63) is 64.7 Å². The normalized spacial score (nSPS) is 12.0. The van der Waals surface area contributed by atoms with Crippen molar-refractivity contribution in [3.63, 3.8) is 0 Å². The number of ether oxygens (including phenoxy) is 1. The Bertz CT molecular complexity index is 664. The molecular weight excluding hydrogens is 312 g/mol. The fourth-order valence-corrected chi connectivity index (χ4v) is 2.30. The highest BCUT2D eigenvalue weighted by Crippen LogP contribution is 2.23. The molecule has 0 aliphatic rings. The molecule has 1 amide bonds. The van der Waals surface area contributed by atoms with Gasteiger partial charge >= 0.3 is 6.61 Å². The van der Waals surface area contributed by atoms with E-state index in [-0.39, 0.29) is 17.4 Å². The Morgan fingerprint density at radius 1 is 1.18 bits per heavy atom. The van der Waals surface area contributed by atoms with Crippen LogP contribution in [0.2, 0.25) is 5.02 Å². The van der Waals surface area contributed by atoms with E-state index in [0.29, 0.717) is 5.02 Å². The second-order valence-corrected chi connectivity index (χ2v) is 5.03. The van der Waals surface area contributed by atoms with Gasteiger partial charge in [-0.15, -0.1) is 0 Å². The minimum Gasteiger partial charge on any atom is -0.435 e. The van der Waals surface area contributed by atoms with E-state index in [1.807, 2.05) is 12.1 Å². The van der Waals surface area contributed by atoms with Crippen LogP contribution in [-0.4, -0.2) is 12.5 Å². The van der Waals surface area contributed by atoms with Crippen molar-refractivity contribution in [2.75, 3.05) is 0 Å². The van der Waals surface area contributed by atoms with Crippen molar-refractivity contribution in [2.45, 2.75) is 19.6 Å². The summed E-state index contributed by atoms with van der Waals surface area (Å²) in [4.78, 5) is 12.2. The van der Waals surface area contributed by atoms with E-state index < -0.39 is 12.5 Å². The number of halogens is 3. The lowest BCUT2D eigenvalue weighted by molar-refractivity contribution is -0.0498. The number of carbonyl (C=O) groups is 1. The molecule has 0 aromatic heterocycles. The maximum absolute atomic E-state index is 12.2. The monoisotopic (exact) mass is 325 g/mol. The van der Waals surface area contributed by atoms with Crippen LogP contribution in [0.4, 0.5) is 8.78 Å². The highest BCUT2D eigenvalue weighted by atomic mass is 35.5. The number of hydrogen-bond acceptors (Lipinski definition) is 2. The SMILES string of the molecule is CC(NC(=O)c1cccc(OC(F)F)c1)c1ccccc1Cl. The first-order valence-electron chi connectivity index (χ1n) is 6.57. The average molecular weight is 326 g/mol. The smallest absolute Gasteiger partial charge is 0.387 e. The zero-order valence-electron chi connectivity index (χ0n) is 11.7. The van der Waals surface area contributed by atoms with Crippen LogP contribution in [0.15, 0.2) is 48.5 Å². The lowest BCUT2D eigenvalue weighted by atomic mass is 10.1. The van der Waals surface area contributed by atoms with Crippen LogP contribution in [0, 0.1) is 0 Å². The van der Waals surface area contributed by atoms with Crippen molar-refractivity contribution >= 4 is 17.5 Å². The number of nitrogens with one attached hydrogen (secondary N) is 1. The maximum Gasteiger partial charge on any atom is 0.387 e. The topological polar surface area (TPSA) is 38.3 Å². The van der Waals surface area contributed by atoms with Crippen molar-refractivity contribution in [2.24, 2.45) is 0 Å². The number of amides is 1. The first-order valence-corrected chi connectivity index (χ1v) is 6.95. The molecule has 2 aromatic rings. The number of alkyl halides is 2. The van der Waals surface area contributed by atoms with Gasteiger partial charge < -0.3 is 10.1 Å². The number of carbonyl (C=O) groups excluding carboxylic acids is 1. The summed E-state index contributed by atoms with van der Waals surface area (Å²) in [5.41, 5.74) is 1.01. The van der Waals surface area contributed by atoms with Crippen LogP contribution in [0.1, 0.15) is 28.9 Å². The summed E-state index contributed by atoms with van der Waals surface area (Å²) in [6.07, 6.45) is 0. The Balaban J connectivity index is 2.10. The van der Waals surface area contributed by atoms with E-state index in [2.05, 4.69) is 10.1 Å². The van der Waals surface area contributed by atoms with Gasteiger partial charge in [0.2, 0.25) is 0 Å². The molecule has 0 saturated heterocycles. The molecule has 0 radical (unpaired) electrons. The van der Waals surface area contributed by atoms with E-state index in [0.717, 1.165) is 5.56 Å². The molecule has 3 nitrogen and oxygen atoms in total. The average Bonchev–Trinajstić information content (AvgIpc) is 2.47. The number of rotatable bonds is 5.